The van der Waals surface area contributed by atoms with Crippen molar-refractivity contribution < 1.29 is 9.59 Å². The monoisotopic (exact) mass is 375 g/mol. The van der Waals surface area contributed by atoms with Gasteiger partial charge in [0.15, 0.2) is 0 Å². The maximum atomic E-state index is 13.1. The van der Waals surface area contributed by atoms with Crippen LogP contribution in [0.3, 0.4) is 0 Å². The van der Waals surface area contributed by atoms with Crippen LogP contribution in [0.2, 0.25) is 5.02 Å². The first-order valence-electron chi connectivity index (χ1n) is 9.69. The number of hydrogen-bond donors (Lipinski definition) is 0. The molecule has 0 bridgehead atoms. The Morgan fingerprint density at radius 1 is 0.846 bits per heavy atom. The lowest BCUT2D eigenvalue weighted by Gasteiger charge is -2.38. The van der Waals surface area contributed by atoms with E-state index in [1.54, 1.807) is 0 Å². The molecule has 2 amide bonds. The number of anilines is 1. The molecule has 6 heteroatoms. The van der Waals surface area contributed by atoms with Crippen LogP contribution in [-0.2, 0) is 9.59 Å². The van der Waals surface area contributed by atoms with Gasteiger partial charge in [-0.2, -0.15) is 0 Å². The van der Waals surface area contributed by atoms with Gasteiger partial charge in [0.25, 0.3) is 0 Å². The number of piperazine rings is 1. The Bertz CT molecular complexity index is 690. The third kappa shape index (κ3) is 3.29. The van der Waals surface area contributed by atoms with Gasteiger partial charge in [-0.3, -0.25) is 9.59 Å². The number of benzene rings is 1. The van der Waals surface area contributed by atoms with E-state index in [-0.39, 0.29) is 11.8 Å². The van der Waals surface area contributed by atoms with E-state index >= 15 is 0 Å². The zero-order valence-electron chi connectivity index (χ0n) is 15.1. The van der Waals surface area contributed by atoms with E-state index in [2.05, 4.69) is 4.90 Å². The highest BCUT2D eigenvalue weighted by atomic mass is 35.5. The molecule has 0 aromatic heterocycles. The van der Waals surface area contributed by atoms with Crippen LogP contribution < -0.4 is 4.90 Å². The second-order valence-electron chi connectivity index (χ2n) is 7.69. The molecule has 26 heavy (non-hydrogen) atoms. The van der Waals surface area contributed by atoms with Gasteiger partial charge in [-0.15, -0.1) is 0 Å². The molecular formula is C20H26ClN3O2. The second-order valence-corrected chi connectivity index (χ2v) is 8.13. The summed E-state index contributed by atoms with van der Waals surface area (Å²) in [6.07, 6.45) is 4.75. The molecular weight excluding hydrogens is 350 g/mol. The van der Waals surface area contributed by atoms with Gasteiger partial charge >= 0.3 is 0 Å². The summed E-state index contributed by atoms with van der Waals surface area (Å²) in [5.41, 5.74) is 0.352. The van der Waals surface area contributed by atoms with Crippen molar-refractivity contribution >= 4 is 29.1 Å². The van der Waals surface area contributed by atoms with Crippen LogP contribution in [0.4, 0.5) is 5.69 Å². The molecule has 2 heterocycles. The van der Waals surface area contributed by atoms with Gasteiger partial charge in [0.2, 0.25) is 11.8 Å². The molecule has 0 spiro atoms. The van der Waals surface area contributed by atoms with Crippen molar-refractivity contribution in [2.24, 2.45) is 5.41 Å². The molecule has 0 atom stereocenters. The smallest absolute Gasteiger partial charge is 0.238 e. The van der Waals surface area contributed by atoms with Crippen LogP contribution in [0.15, 0.2) is 24.3 Å². The van der Waals surface area contributed by atoms with Crippen molar-refractivity contribution in [2.75, 3.05) is 44.2 Å². The predicted molar refractivity (Wildman–Crippen MR) is 102 cm³/mol. The summed E-state index contributed by atoms with van der Waals surface area (Å²) in [5, 5.41) is 0.727. The molecule has 2 aliphatic heterocycles. The lowest BCUT2D eigenvalue weighted by molar-refractivity contribution is -0.150. The van der Waals surface area contributed by atoms with Gasteiger partial charge in [-0.25, -0.2) is 0 Å². The second kappa shape index (κ2) is 7.10. The van der Waals surface area contributed by atoms with Crippen LogP contribution in [-0.4, -0.2) is 60.9 Å². The molecule has 0 unspecified atom stereocenters. The Morgan fingerprint density at radius 3 is 2.04 bits per heavy atom. The number of nitrogens with zero attached hydrogens (tertiary/aromatic N) is 3. The molecule has 0 N–H and O–H groups in total. The van der Waals surface area contributed by atoms with Gasteiger partial charge in [0.05, 0.1) is 0 Å². The van der Waals surface area contributed by atoms with Gasteiger partial charge in [0, 0.05) is 50.0 Å². The number of carbonyl (C=O) groups excluding carboxylic acids is 2. The zero-order valence-corrected chi connectivity index (χ0v) is 15.9. The number of likely N-dealkylation sites (tertiary alicyclic amines) is 1. The highest BCUT2D eigenvalue weighted by Crippen LogP contribution is 2.49. The fourth-order valence-corrected chi connectivity index (χ4v) is 4.37. The maximum Gasteiger partial charge on any atom is 0.238 e. The summed E-state index contributed by atoms with van der Waals surface area (Å²) < 4.78 is 0. The standard InChI is InChI=1S/C20H26ClN3O2/c21-16-5-4-6-17(15-16)22-11-13-24(14-12-22)19(26)20(7-8-20)18(25)23-9-2-1-3-10-23/h4-6,15H,1-3,7-14H2. The van der Waals surface area contributed by atoms with Gasteiger partial charge in [0.1, 0.15) is 5.41 Å². The average Bonchev–Trinajstić information content (AvgIpc) is 3.50. The topological polar surface area (TPSA) is 43.9 Å². The number of rotatable bonds is 3. The molecule has 2 saturated heterocycles. The van der Waals surface area contributed by atoms with E-state index < -0.39 is 5.41 Å². The normalized spacial score (nSPS) is 22.3. The summed E-state index contributed by atoms with van der Waals surface area (Å²) in [6.45, 7) is 4.52. The van der Waals surface area contributed by atoms with Crippen molar-refractivity contribution in [3.05, 3.63) is 29.3 Å². The van der Waals surface area contributed by atoms with Gasteiger partial charge in [-0.05, 0) is 50.3 Å². The minimum absolute atomic E-state index is 0.0545. The van der Waals surface area contributed by atoms with E-state index in [1.165, 1.54) is 6.42 Å². The molecule has 3 aliphatic rings. The zero-order chi connectivity index (χ0) is 18.1. The number of piperidine rings is 1. The average molecular weight is 376 g/mol. The Balaban J connectivity index is 1.38. The molecule has 4 rings (SSSR count). The van der Waals surface area contributed by atoms with Crippen molar-refractivity contribution in [1.82, 2.24) is 9.80 Å². The fraction of sp³-hybridized carbons (Fsp3) is 0.600. The predicted octanol–water partition coefficient (Wildman–Crippen LogP) is 2.78. The van der Waals surface area contributed by atoms with E-state index in [4.69, 9.17) is 11.6 Å². The molecule has 1 aromatic carbocycles. The molecule has 1 aliphatic carbocycles. The number of carbonyl (C=O) groups is 2. The Hall–Kier alpha value is -1.75. The summed E-state index contributed by atoms with van der Waals surface area (Å²) in [4.78, 5) is 32.1. The molecule has 3 fully saturated rings. The summed E-state index contributed by atoms with van der Waals surface area (Å²) in [5.74, 6) is 0.137. The fourth-order valence-electron chi connectivity index (χ4n) is 4.19. The van der Waals surface area contributed by atoms with Crippen LogP contribution in [0.5, 0.6) is 0 Å². The minimum atomic E-state index is -0.741. The number of halogens is 1. The van der Waals surface area contributed by atoms with Crippen molar-refractivity contribution in [1.29, 1.82) is 0 Å². The first kappa shape index (κ1) is 17.7. The molecule has 1 saturated carbocycles. The number of hydrogen-bond acceptors (Lipinski definition) is 3. The molecule has 140 valence electrons. The summed E-state index contributed by atoms with van der Waals surface area (Å²) in [7, 11) is 0. The first-order chi connectivity index (χ1) is 12.6. The van der Waals surface area contributed by atoms with Gasteiger partial charge < -0.3 is 14.7 Å². The Morgan fingerprint density at radius 2 is 1.46 bits per heavy atom. The molecule has 1 aromatic rings. The van der Waals surface area contributed by atoms with Crippen molar-refractivity contribution in [3.63, 3.8) is 0 Å². The van der Waals surface area contributed by atoms with Crippen LogP contribution in [0, 0.1) is 5.41 Å². The Labute approximate surface area is 159 Å². The first-order valence-corrected chi connectivity index (χ1v) is 10.1. The van der Waals surface area contributed by atoms with Crippen LogP contribution >= 0.6 is 11.6 Å². The summed E-state index contributed by atoms with van der Waals surface area (Å²) in [6, 6.07) is 7.83. The highest BCUT2D eigenvalue weighted by Gasteiger charge is 2.59. The molecule has 5 nitrogen and oxygen atoms in total. The third-order valence-corrected chi connectivity index (χ3v) is 6.19. The van der Waals surface area contributed by atoms with E-state index in [0.29, 0.717) is 13.1 Å². The third-order valence-electron chi connectivity index (χ3n) is 5.95. The quantitative estimate of drug-likeness (QED) is 0.763. The highest BCUT2D eigenvalue weighted by molar-refractivity contribution is 6.30. The van der Waals surface area contributed by atoms with E-state index in [0.717, 1.165) is 62.6 Å². The SMILES string of the molecule is O=C(N1CCCCC1)C1(C(=O)N2CCN(c3cccc(Cl)c3)CC2)CC1. The largest absolute Gasteiger partial charge is 0.368 e. The Kier molecular flexibility index (Phi) is 4.82. The minimum Gasteiger partial charge on any atom is -0.368 e. The van der Waals surface area contributed by atoms with Crippen LogP contribution in [0.25, 0.3) is 0 Å². The van der Waals surface area contributed by atoms with Crippen molar-refractivity contribution in [2.45, 2.75) is 32.1 Å². The summed E-state index contributed by atoms with van der Waals surface area (Å²) >= 11 is 6.09. The van der Waals surface area contributed by atoms with E-state index in [9.17, 15) is 9.59 Å². The lowest BCUT2D eigenvalue weighted by atomic mass is 10.00. The van der Waals surface area contributed by atoms with Gasteiger partial charge in [-0.1, -0.05) is 17.7 Å². The number of amides is 2. The van der Waals surface area contributed by atoms with Crippen LogP contribution in [0.1, 0.15) is 32.1 Å². The van der Waals surface area contributed by atoms with Crippen molar-refractivity contribution in [3.8, 4) is 0 Å². The lowest BCUT2D eigenvalue weighted by Crippen LogP contribution is -2.54. The van der Waals surface area contributed by atoms with E-state index in [1.807, 2.05) is 34.1 Å². The molecule has 0 radical (unpaired) electrons. The maximum absolute atomic E-state index is 13.1.